The van der Waals surface area contributed by atoms with Gasteiger partial charge in [0.2, 0.25) is 0 Å². The van der Waals surface area contributed by atoms with Gasteiger partial charge < -0.3 is 10.5 Å². The number of halogens is 4. The molecule has 2 N–H and O–H groups in total. The second kappa shape index (κ2) is 5.40. The predicted octanol–water partition coefficient (Wildman–Crippen LogP) is 3.19. The Morgan fingerprint density at radius 3 is 2.25 bits per heavy atom. The molecule has 0 fully saturated rings. The van der Waals surface area contributed by atoms with Crippen LogP contribution < -0.4 is 5.73 Å². The van der Waals surface area contributed by atoms with Gasteiger partial charge in [0.15, 0.2) is 0 Å². The predicted molar refractivity (Wildman–Crippen MR) is 64.2 cm³/mol. The molecule has 0 aromatic heterocycles. The molecule has 1 unspecified atom stereocenters. The molecule has 0 spiro atoms. The Labute approximate surface area is 113 Å². The molecule has 0 aliphatic rings. The van der Waals surface area contributed by atoms with E-state index in [0.717, 1.165) is 6.07 Å². The van der Waals surface area contributed by atoms with Crippen LogP contribution in [0.3, 0.4) is 0 Å². The van der Waals surface area contributed by atoms with Crippen LogP contribution in [0.15, 0.2) is 18.2 Å². The Bertz CT molecular complexity index is 506. The quantitative estimate of drug-likeness (QED) is 0.673. The molecular weight excluding hydrogens is 278 g/mol. The van der Waals surface area contributed by atoms with E-state index in [1.165, 1.54) is 0 Å². The maximum atomic E-state index is 13.1. The molecule has 0 aliphatic carbocycles. The fraction of sp³-hybridized carbons (Fsp3) is 0.462. The molecule has 1 rings (SSSR count). The van der Waals surface area contributed by atoms with Gasteiger partial charge in [-0.1, -0.05) is 6.07 Å². The molecule has 1 atom stereocenters. The lowest BCUT2D eigenvalue weighted by atomic mass is 10.0. The molecule has 0 radical (unpaired) electrons. The number of hydrogen-bond acceptors (Lipinski definition) is 3. The van der Waals surface area contributed by atoms with Crippen molar-refractivity contribution in [1.82, 2.24) is 0 Å². The van der Waals surface area contributed by atoms with Gasteiger partial charge in [0.1, 0.15) is 17.5 Å². The first-order chi connectivity index (χ1) is 8.92. The third-order valence-corrected chi connectivity index (χ3v) is 2.32. The van der Waals surface area contributed by atoms with Crippen molar-refractivity contribution in [3.05, 3.63) is 35.1 Å². The first-order valence-electron chi connectivity index (χ1n) is 5.77. The summed E-state index contributed by atoms with van der Waals surface area (Å²) in [6.45, 7) is 4.80. The summed E-state index contributed by atoms with van der Waals surface area (Å²) in [6, 6.07) is 0.766. The van der Waals surface area contributed by atoms with Gasteiger partial charge in [-0.3, -0.25) is 0 Å². The van der Waals surface area contributed by atoms with Crippen molar-refractivity contribution in [2.24, 2.45) is 5.73 Å². The molecule has 20 heavy (non-hydrogen) atoms. The minimum Gasteiger partial charge on any atom is -0.459 e. The minimum absolute atomic E-state index is 0.159. The van der Waals surface area contributed by atoms with Crippen molar-refractivity contribution in [1.29, 1.82) is 0 Å². The first-order valence-corrected chi connectivity index (χ1v) is 5.77. The number of nitrogens with two attached hydrogens (primary N) is 1. The van der Waals surface area contributed by atoms with Gasteiger partial charge in [0.25, 0.3) is 0 Å². The van der Waals surface area contributed by atoms with Crippen LogP contribution in [0.25, 0.3) is 0 Å². The van der Waals surface area contributed by atoms with Crippen LogP contribution in [0.4, 0.5) is 17.6 Å². The molecule has 0 heterocycles. The van der Waals surface area contributed by atoms with Gasteiger partial charge in [0.05, 0.1) is 5.56 Å². The molecule has 0 aliphatic heterocycles. The van der Waals surface area contributed by atoms with E-state index in [9.17, 15) is 22.4 Å². The summed E-state index contributed by atoms with van der Waals surface area (Å²) in [6.07, 6.45) is -4.85. The third kappa shape index (κ3) is 4.19. The van der Waals surface area contributed by atoms with Crippen molar-refractivity contribution in [3.63, 3.8) is 0 Å². The molecule has 0 saturated carbocycles. The van der Waals surface area contributed by atoms with Crippen LogP contribution in [0.5, 0.6) is 0 Å². The minimum atomic E-state index is -4.85. The zero-order chi connectivity index (χ0) is 15.7. The highest BCUT2D eigenvalue weighted by atomic mass is 19.4. The average molecular weight is 293 g/mol. The summed E-state index contributed by atoms with van der Waals surface area (Å²) in [4.78, 5) is 11.7. The van der Waals surface area contributed by atoms with Crippen LogP contribution >= 0.6 is 0 Å². The van der Waals surface area contributed by atoms with Crippen molar-refractivity contribution in [2.75, 3.05) is 0 Å². The topological polar surface area (TPSA) is 52.3 Å². The number of alkyl halides is 3. The van der Waals surface area contributed by atoms with Gasteiger partial charge >= 0.3 is 12.1 Å². The van der Waals surface area contributed by atoms with Crippen molar-refractivity contribution < 1.29 is 27.1 Å². The number of rotatable bonds is 2. The van der Waals surface area contributed by atoms with Gasteiger partial charge in [-0.05, 0) is 38.5 Å². The standard InChI is InChI=1S/C13H15F4NO2/c1-12(2,3)20-11(19)10(18)7-4-5-9(14)8(6-7)13(15,16)17/h4-6,10H,18H2,1-3H3. The molecule has 3 nitrogen and oxygen atoms in total. The fourth-order valence-corrected chi connectivity index (χ4v) is 1.45. The van der Waals surface area contributed by atoms with Crippen LogP contribution in [-0.2, 0) is 15.7 Å². The van der Waals surface area contributed by atoms with E-state index < -0.39 is 35.2 Å². The molecule has 7 heteroatoms. The molecule has 0 saturated heterocycles. The van der Waals surface area contributed by atoms with Crippen LogP contribution in [0.2, 0.25) is 0 Å². The van der Waals surface area contributed by atoms with E-state index in [1.54, 1.807) is 20.8 Å². The summed E-state index contributed by atoms with van der Waals surface area (Å²) >= 11 is 0. The van der Waals surface area contributed by atoms with Crippen LogP contribution in [0.1, 0.15) is 37.9 Å². The molecule has 112 valence electrons. The van der Waals surface area contributed by atoms with Gasteiger partial charge in [0, 0.05) is 0 Å². The molecule has 1 aromatic carbocycles. The van der Waals surface area contributed by atoms with Crippen molar-refractivity contribution >= 4 is 5.97 Å². The molecule has 1 aromatic rings. The van der Waals surface area contributed by atoms with E-state index in [4.69, 9.17) is 10.5 Å². The van der Waals surface area contributed by atoms with Gasteiger partial charge in [-0.2, -0.15) is 13.2 Å². The number of esters is 1. The lowest BCUT2D eigenvalue weighted by Gasteiger charge is -2.22. The molecular formula is C13H15F4NO2. The number of hydrogen-bond donors (Lipinski definition) is 1. The lowest BCUT2D eigenvalue weighted by Crippen LogP contribution is -2.31. The zero-order valence-electron chi connectivity index (χ0n) is 11.2. The third-order valence-electron chi connectivity index (χ3n) is 2.32. The molecule has 0 bridgehead atoms. The maximum Gasteiger partial charge on any atom is 0.419 e. The first kappa shape index (κ1) is 16.4. The van der Waals surface area contributed by atoms with Crippen LogP contribution in [-0.4, -0.2) is 11.6 Å². The Balaban J connectivity index is 3.06. The zero-order valence-corrected chi connectivity index (χ0v) is 11.2. The number of ether oxygens (including phenoxy) is 1. The van der Waals surface area contributed by atoms with E-state index in [2.05, 4.69) is 0 Å². The largest absolute Gasteiger partial charge is 0.459 e. The monoisotopic (exact) mass is 293 g/mol. The summed E-state index contributed by atoms with van der Waals surface area (Å²) < 4.78 is 55.8. The highest BCUT2D eigenvalue weighted by Crippen LogP contribution is 2.33. The average Bonchev–Trinajstić information content (AvgIpc) is 2.24. The second-order valence-corrected chi connectivity index (χ2v) is 5.25. The van der Waals surface area contributed by atoms with E-state index in [1.807, 2.05) is 0 Å². The number of carbonyl (C=O) groups is 1. The lowest BCUT2D eigenvalue weighted by molar-refractivity contribution is -0.156. The SMILES string of the molecule is CC(C)(C)OC(=O)C(N)c1ccc(F)c(C(F)(F)F)c1. The Morgan fingerprint density at radius 1 is 1.25 bits per heavy atom. The maximum absolute atomic E-state index is 13.1. The van der Waals surface area contributed by atoms with Crippen molar-refractivity contribution in [3.8, 4) is 0 Å². The van der Waals surface area contributed by atoms with Gasteiger partial charge in [-0.25, -0.2) is 9.18 Å². The second-order valence-electron chi connectivity index (χ2n) is 5.25. The normalized spacial score (nSPS) is 14.0. The Morgan fingerprint density at radius 2 is 1.80 bits per heavy atom. The van der Waals surface area contributed by atoms with Gasteiger partial charge in [-0.15, -0.1) is 0 Å². The number of carbonyl (C=O) groups excluding carboxylic acids is 1. The highest BCUT2D eigenvalue weighted by molar-refractivity contribution is 5.77. The fourth-order valence-electron chi connectivity index (χ4n) is 1.45. The summed E-state index contributed by atoms with van der Waals surface area (Å²) in [5, 5.41) is 0. The van der Waals surface area contributed by atoms with E-state index in [-0.39, 0.29) is 5.56 Å². The highest BCUT2D eigenvalue weighted by Gasteiger charge is 2.35. The summed E-state index contributed by atoms with van der Waals surface area (Å²) in [5.74, 6) is -2.30. The van der Waals surface area contributed by atoms with E-state index >= 15 is 0 Å². The van der Waals surface area contributed by atoms with Crippen LogP contribution in [0, 0.1) is 5.82 Å². The summed E-state index contributed by atoms with van der Waals surface area (Å²) in [7, 11) is 0. The molecule has 0 amide bonds. The Hall–Kier alpha value is -1.63. The smallest absolute Gasteiger partial charge is 0.419 e. The Kier molecular flexibility index (Phi) is 4.43. The summed E-state index contributed by atoms with van der Waals surface area (Å²) in [5.41, 5.74) is 3.10. The van der Waals surface area contributed by atoms with E-state index in [0.29, 0.717) is 12.1 Å². The van der Waals surface area contributed by atoms with Crippen molar-refractivity contribution in [2.45, 2.75) is 38.6 Å². The number of benzene rings is 1.